The number of carbonyl (C=O) groups excluding carboxylic acids is 1. The number of hydrogen-bond donors (Lipinski definition) is 4. The van der Waals surface area contributed by atoms with Crippen molar-refractivity contribution in [3.8, 4) is 5.75 Å². The molecule has 2 aromatic rings. The van der Waals surface area contributed by atoms with Crippen LogP contribution in [0.2, 0.25) is 0 Å². The number of anilines is 1. The third-order valence-corrected chi connectivity index (χ3v) is 6.32. The average Bonchev–Trinajstić information content (AvgIpc) is 3.21. The number of carbonyl (C=O) groups is 1. The zero-order valence-corrected chi connectivity index (χ0v) is 17.2. The Kier molecular flexibility index (Phi) is 6.73. The lowest BCUT2D eigenvalue weighted by atomic mass is 10.1. The van der Waals surface area contributed by atoms with Gasteiger partial charge in [-0.15, -0.1) is 0 Å². The number of hydrogen-bond acceptors (Lipinski definition) is 6. The summed E-state index contributed by atoms with van der Waals surface area (Å²) in [6.07, 6.45) is 0. The molecule has 29 heavy (non-hydrogen) atoms. The molecule has 3 atom stereocenters. The predicted molar refractivity (Wildman–Crippen MR) is 112 cm³/mol. The molecule has 1 aliphatic rings. The molecule has 9 heteroatoms. The first-order valence-corrected chi connectivity index (χ1v) is 11.0. The molecule has 0 saturated carbocycles. The summed E-state index contributed by atoms with van der Waals surface area (Å²) in [5, 5.41) is 1.80. The number of benzene rings is 2. The molecule has 156 valence electrons. The van der Waals surface area contributed by atoms with E-state index < -0.39 is 21.3 Å². The number of ether oxygens (including phenoxy) is 1. The van der Waals surface area contributed by atoms with Gasteiger partial charge in [0.25, 0.3) is 10.0 Å². The highest BCUT2D eigenvalue weighted by molar-refractivity contribution is 7.93. The molecule has 2 aromatic carbocycles. The molecule has 1 fully saturated rings. The molecule has 1 amide bonds. The minimum absolute atomic E-state index is 0.211. The lowest BCUT2D eigenvalue weighted by molar-refractivity contribution is -0.125. The van der Waals surface area contributed by atoms with Crippen molar-refractivity contribution in [2.24, 2.45) is 5.92 Å². The van der Waals surface area contributed by atoms with Gasteiger partial charge in [0.05, 0.1) is 18.6 Å². The predicted octanol–water partition coefficient (Wildman–Crippen LogP) is 1.75. The Bertz CT molecular complexity index is 919. The summed E-state index contributed by atoms with van der Waals surface area (Å²) in [6, 6.07) is 15.9. The van der Waals surface area contributed by atoms with Crippen molar-refractivity contribution in [3.05, 3.63) is 60.2 Å². The molecule has 0 radical (unpaired) electrons. The molecule has 3 unspecified atom stereocenters. The first-order valence-electron chi connectivity index (χ1n) is 9.49. The maximum absolute atomic E-state index is 12.9. The summed E-state index contributed by atoms with van der Waals surface area (Å²) in [5.41, 5.74) is 6.84. The molecule has 3 rings (SSSR count). The normalized spacial score (nSPS) is 20.1. The van der Waals surface area contributed by atoms with Gasteiger partial charge in [-0.05, 0) is 43.7 Å². The van der Waals surface area contributed by atoms with Crippen LogP contribution in [0.25, 0.3) is 0 Å². The zero-order chi connectivity index (χ0) is 20.9. The van der Waals surface area contributed by atoms with Crippen molar-refractivity contribution in [2.75, 3.05) is 17.9 Å². The van der Waals surface area contributed by atoms with Gasteiger partial charge in [-0.25, -0.2) is 13.8 Å². The van der Waals surface area contributed by atoms with E-state index in [1.54, 1.807) is 24.3 Å². The Morgan fingerprint density at radius 2 is 1.86 bits per heavy atom. The fourth-order valence-corrected chi connectivity index (χ4v) is 4.64. The van der Waals surface area contributed by atoms with Crippen LogP contribution in [0.1, 0.15) is 25.5 Å². The van der Waals surface area contributed by atoms with E-state index in [0.717, 1.165) is 5.56 Å². The van der Waals surface area contributed by atoms with E-state index in [0.29, 0.717) is 18.0 Å². The molecule has 0 aliphatic carbocycles. The van der Waals surface area contributed by atoms with Gasteiger partial charge in [0.1, 0.15) is 5.75 Å². The summed E-state index contributed by atoms with van der Waals surface area (Å²) in [5.74, 6) is -0.453. The van der Waals surface area contributed by atoms with Crippen LogP contribution in [-0.2, 0) is 14.8 Å². The molecule has 1 saturated heterocycles. The molecular weight excluding hydrogens is 392 g/mol. The Balaban J connectivity index is 1.67. The van der Waals surface area contributed by atoms with E-state index in [9.17, 15) is 13.2 Å². The van der Waals surface area contributed by atoms with Gasteiger partial charge in [0.15, 0.2) is 5.37 Å². The molecule has 0 spiro atoms. The van der Waals surface area contributed by atoms with Crippen LogP contribution < -0.4 is 25.6 Å². The van der Waals surface area contributed by atoms with E-state index in [1.165, 1.54) is 0 Å². The summed E-state index contributed by atoms with van der Waals surface area (Å²) < 4.78 is 33.6. The number of rotatable bonds is 8. The van der Waals surface area contributed by atoms with Gasteiger partial charge in [0, 0.05) is 12.2 Å². The molecule has 0 aromatic heterocycles. The van der Waals surface area contributed by atoms with Crippen molar-refractivity contribution >= 4 is 21.6 Å². The largest absolute Gasteiger partial charge is 0.494 e. The number of hydrazine groups is 1. The quantitative estimate of drug-likeness (QED) is 0.520. The minimum atomic E-state index is -3.86. The SMILES string of the molecule is CCOc1ccc(NS(=O)(=O)C2NNCC2C(=O)NC(C)c2ccccc2)cc1. The van der Waals surface area contributed by atoms with Gasteiger partial charge < -0.3 is 10.1 Å². The van der Waals surface area contributed by atoms with E-state index in [4.69, 9.17) is 4.74 Å². The van der Waals surface area contributed by atoms with E-state index in [2.05, 4.69) is 20.9 Å². The second kappa shape index (κ2) is 9.25. The fraction of sp³-hybridized carbons (Fsp3) is 0.350. The first kappa shape index (κ1) is 21.1. The van der Waals surface area contributed by atoms with Crippen LogP contribution in [0.15, 0.2) is 54.6 Å². The van der Waals surface area contributed by atoms with Crippen molar-refractivity contribution in [1.29, 1.82) is 0 Å². The number of amides is 1. The lowest BCUT2D eigenvalue weighted by Crippen LogP contribution is -2.46. The second-order valence-electron chi connectivity index (χ2n) is 6.80. The fourth-order valence-electron chi connectivity index (χ4n) is 3.16. The highest BCUT2D eigenvalue weighted by Crippen LogP contribution is 2.22. The van der Waals surface area contributed by atoms with Crippen LogP contribution in [0.4, 0.5) is 5.69 Å². The smallest absolute Gasteiger partial charge is 0.250 e. The summed E-state index contributed by atoms with van der Waals surface area (Å²) in [7, 11) is -3.86. The van der Waals surface area contributed by atoms with Crippen LogP contribution >= 0.6 is 0 Å². The molecular formula is C20H26N4O4S. The summed E-state index contributed by atoms with van der Waals surface area (Å²) in [6.45, 7) is 4.48. The van der Waals surface area contributed by atoms with Crippen molar-refractivity contribution in [3.63, 3.8) is 0 Å². The van der Waals surface area contributed by atoms with Gasteiger partial charge in [0.2, 0.25) is 5.91 Å². The maximum Gasteiger partial charge on any atom is 0.250 e. The first-order chi connectivity index (χ1) is 13.9. The molecule has 0 bridgehead atoms. The average molecular weight is 419 g/mol. The number of sulfonamides is 1. The topological polar surface area (TPSA) is 109 Å². The molecule has 1 heterocycles. The van der Waals surface area contributed by atoms with Gasteiger partial charge in [-0.3, -0.25) is 14.9 Å². The van der Waals surface area contributed by atoms with Gasteiger partial charge >= 0.3 is 0 Å². The Morgan fingerprint density at radius 3 is 2.52 bits per heavy atom. The molecule has 8 nitrogen and oxygen atoms in total. The Hall–Kier alpha value is -2.62. The highest BCUT2D eigenvalue weighted by Gasteiger charge is 2.42. The van der Waals surface area contributed by atoms with Crippen LogP contribution in [0.5, 0.6) is 5.75 Å². The van der Waals surface area contributed by atoms with Crippen LogP contribution in [0, 0.1) is 5.92 Å². The van der Waals surface area contributed by atoms with Crippen molar-refractivity contribution in [1.82, 2.24) is 16.2 Å². The van der Waals surface area contributed by atoms with Crippen LogP contribution in [0.3, 0.4) is 0 Å². The third kappa shape index (κ3) is 5.26. The monoisotopic (exact) mass is 418 g/mol. The lowest BCUT2D eigenvalue weighted by Gasteiger charge is -2.22. The van der Waals surface area contributed by atoms with E-state index in [1.807, 2.05) is 44.2 Å². The van der Waals surface area contributed by atoms with Crippen molar-refractivity contribution < 1.29 is 17.9 Å². The second-order valence-corrected chi connectivity index (χ2v) is 8.60. The van der Waals surface area contributed by atoms with Crippen LogP contribution in [-0.4, -0.2) is 32.9 Å². The highest BCUT2D eigenvalue weighted by atomic mass is 32.2. The Morgan fingerprint density at radius 1 is 1.17 bits per heavy atom. The van der Waals surface area contributed by atoms with E-state index >= 15 is 0 Å². The van der Waals surface area contributed by atoms with Gasteiger partial charge in [-0.2, -0.15) is 0 Å². The standard InChI is InChI=1S/C20H26N4O4S/c1-3-28-17-11-9-16(10-12-17)24-29(26,27)20-18(13-21-23-20)19(25)22-14(2)15-7-5-4-6-8-15/h4-12,14,18,20-21,23-24H,3,13H2,1-2H3,(H,22,25). The minimum Gasteiger partial charge on any atom is -0.494 e. The van der Waals surface area contributed by atoms with Gasteiger partial charge in [-0.1, -0.05) is 30.3 Å². The number of nitrogens with one attached hydrogen (secondary N) is 4. The molecule has 1 aliphatic heterocycles. The van der Waals surface area contributed by atoms with E-state index in [-0.39, 0.29) is 18.5 Å². The van der Waals surface area contributed by atoms with Crippen molar-refractivity contribution in [2.45, 2.75) is 25.3 Å². The zero-order valence-electron chi connectivity index (χ0n) is 16.4. The Labute approximate surface area is 171 Å². The maximum atomic E-state index is 12.9. The summed E-state index contributed by atoms with van der Waals surface area (Å²) >= 11 is 0. The summed E-state index contributed by atoms with van der Waals surface area (Å²) in [4.78, 5) is 12.8. The molecule has 4 N–H and O–H groups in total. The third-order valence-electron chi connectivity index (χ3n) is 4.69.